The minimum atomic E-state index is -0.304. The van der Waals surface area contributed by atoms with Gasteiger partial charge in [-0.05, 0) is 30.5 Å². The summed E-state index contributed by atoms with van der Waals surface area (Å²) in [6, 6.07) is 6.17. The Morgan fingerprint density at radius 3 is 3.06 bits per heavy atom. The molecule has 0 N–H and O–H groups in total. The van der Waals surface area contributed by atoms with Crippen LogP contribution in [-0.4, -0.2) is 37.1 Å². The molecule has 1 fully saturated rings. The number of halogens is 1. The Labute approximate surface area is 107 Å². The molecule has 1 heterocycles. The molecule has 2 rings (SSSR count). The average Bonchev–Trinajstić information content (AvgIpc) is 2.81. The molecule has 1 aliphatic heterocycles. The van der Waals surface area contributed by atoms with Gasteiger partial charge >= 0.3 is 0 Å². The van der Waals surface area contributed by atoms with Crippen LogP contribution in [0.4, 0.5) is 4.39 Å². The third kappa shape index (κ3) is 3.53. The highest BCUT2D eigenvalue weighted by molar-refractivity contribution is 5.78. The summed E-state index contributed by atoms with van der Waals surface area (Å²) in [5.74, 6) is -0.307. The van der Waals surface area contributed by atoms with E-state index in [1.165, 1.54) is 12.1 Å². The van der Waals surface area contributed by atoms with Crippen molar-refractivity contribution in [2.75, 3.05) is 20.2 Å². The fraction of sp³-hybridized carbons (Fsp3) is 0.500. The lowest BCUT2D eigenvalue weighted by Gasteiger charge is -2.20. The average molecular weight is 251 g/mol. The van der Waals surface area contributed by atoms with Crippen LogP contribution in [0.15, 0.2) is 24.3 Å². The molecule has 1 amide bonds. The standard InChI is InChI=1S/C14H18FNO2/c1-16(10-13-6-3-7-18-13)14(17)9-11-4-2-5-12(15)8-11/h2,4-5,8,13H,3,6-7,9-10H2,1H3. The number of benzene rings is 1. The number of carbonyl (C=O) groups excluding carboxylic acids is 1. The van der Waals surface area contributed by atoms with Crippen LogP contribution in [0.3, 0.4) is 0 Å². The van der Waals surface area contributed by atoms with Crippen molar-refractivity contribution in [1.82, 2.24) is 4.90 Å². The van der Waals surface area contributed by atoms with E-state index in [0.29, 0.717) is 12.1 Å². The second kappa shape index (κ2) is 5.96. The van der Waals surface area contributed by atoms with Crippen molar-refractivity contribution < 1.29 is 13.9 Å². The Balaban J connectivity index is 1.86. The Kier molecular flexibility index (Phi) is 4.31. The van der Waals surface area contributed by atoms with Crippen LogP contribution in [0, 0.1) is 5.82 Å². The van der Waals surface area contributed by atoms with E-state index in [1.807, 2.05) is 0 Å². The predicted molar refractivity (Wildman–Crippen MR) is 66.7 cm³/mol. The van der Waals surface area contributed by atoms with Gasteiger partial charge in [0.15, 0.2) is 0 Å². The first kappa shape index (κ1) is 13.0. The van der Waals surface area contributed by atoms with Crippen molar-refractivity contribution in [2.45, 2.75) is 25.4 Å². The zero-order chi connectivity index (χ0) is 13.0. The number of nitrogens with zero attached hydrogens (tertiary/aromatic N) is 1. The van der Waals surface area contributed by atoms with E-state index < -0.39 is 0 Å². The molecule has 1 aromatic rings. The van der Waals surface area contributed by atoms with E-state index in [-0.39, 0.29) is 24.2 Å². The summed E-state index contributed by atoms with van der Waals surface area (Å²) in [6.07, 6.45) is 2.47. The summed E-state index contributed by atoms with van der Waals surface area (Å²) >= 11 is 0. The largest absolute Gasteiger partial charge is 0.376 e. The van der Waals surface area contributed by atoms with Crippen molar-refractivity contribution in [1.29, 1.82) is 0 Å². The Bertz CT molecular complexity index is 416. The van der Waals surface area contributed by atoms with Gasteiger partial charge in [0.1, 0.15) is 5.82 Å². The number of ether oxygens (including phenoxy) is 1. The zero-order valence-corrected chi connectivity index (χ0v) is 10.6. The molecule has 18 heavy (non-hydrogen) atoms. The van der Waals surface area contributed by atoms with Gasteiger partial charge in [-0.1, -0.05) is 12.1 Å². The van der Waals surface area contributed by atoms with E-state index in [4.69, 9.17) is 4.74 Å². The van der Waals surface area contributed by atoms with E-state index >= 15 is 0 Å². The van der Waals surface area contributed by atoms with Crippen LogP contribution in [-0.2, 0) is 16.0 Å². The van der Waals surface area contributed by atoms with Crippen molar-refractivity contribution in [3.05, 3.63) is 35.6 Å². The third-order valence-electron chi connectivity index (χ3n) is 3.17. The molecule has 0 spiro atoms. The number of hydrogen-bond donors (Lipinski definition) is 0. The quantitative estimate of drug-likeness (QED) is 0.819. The number of likely N-dealkylation sites (N-methyl/N-ethyl adjacent to an activating group) is 1. The first-order chi connectivity index (χ1) is 8.65. The van der Waals surface area contributed by atoms with E-state index in [2.05, 4.69) is 0 Å². The first-order valence-electron chi connectivity index (χ1n) is 6.25. The van der Waals surface area contributed by atoms with Gasteiger partial charge in [0.2, 0.25) is 5.91 Å². The molecule has 1 unspecified atom stereocenters. The molecular formula is C14H18FNO2. The summed E-state index contributed by atoms with van der Waals surface area (Å²) in [6.45, 7) is 1.41. The van der Waals surface area contributed by atoms with Gasteiger partial charge in [-0.25, -0.2) is 4.39 Å². The number of hydrogen-bond acceptors (Lipinski definition) is 2. The van der Waals surface area contributed by atoms with Crippen LogP contribution in [0.25, 0.3) is 0 Å². The van der Waals surface area contributed by atoms with Gasteiger partial charge in [-0.2, -0.15) is 0 Å². The van der Waals surface area contributed by atoms with Gasteiger partial charge in [0, 0.05) is 20.2 Å². The summed E-state index contributed by atoms with van der Waals surface area (Å²) in [4.78, 5) is 13.6. The lowest BCUT2D eigenvalue weighted by atomic mass is 10.1. The topological polar surface area (TPSA) is 29.5 Å². The molecule has 0 saturated carbocycles. The van der Waals surface area contributed by atoms with Crippen molar-refractivity contribution in [3.63, 3.8) is 0 Å². The number of carbonyl (C=O) groups is 1. The summed E-state index contributed by atoms with van der Waals surface area (Å²) in [7, 11) is 1.77. The van der Waals surface area contributed by atoms with Crippen molar-refractivity contribution >= 4 is 5.91 Å². The van der Waals surface area contributed by atoms with Gasteiger partial charge < -0.3 is 9.64 Å². The molecule has 1 aliphatic rings. The highest BCUT2D eigenvalue weighted by atomic mass is 19.1. The lowest BCUT2D eigenvalue weighted by Crippen LogP contribution is -2.35. The second-order valence-corrected chi connectivity index (χ2v) is 4.72. The Morgan fingerprint density at radius 2 is 2.39 bits per heavy atom. The van der Waals surface area contributed by atoms with Crippen LogP contribution < -0.4 is 0 Å². The van der Waals surface area contributed by atoms with Crippen molar-refractivity contribution in [3.8, 4) is 0 Å². The minimum Gasteiger partial charge on any atom is -0.376 e. The second-order valence-electron chi connectivity index (χ2n) is 4.72. The maximum Gasteiger partial charge on any atom is 0.226 e. The first-order valence-corrected chi connectivity index (χ1v) is 6.25. The van der Waals surface area contributed by atoms with Crippen LogP contribution >= 0.6 is 0 Å². The minimum absolute atomic E-state index is 0.00361. The molecule has 1 atom stereocenters. The fourth-order valence-electron chi connectivity index (χ4n) is 2.15. The van der Waals surface area contributed by atoms with Gasteiger partial charge in [-0.15, -0.1) is 0 Å². The summed E-state index contributed by atoms with van der Waals surface area (Å²) in [5.41, 5.74) is 0.708. The van der Waals surface area contributed by atoms with Crippen LogP contribution in [0.2, 0.25) is 0 Å². The highest BCUT2D eigenvalue weighted by Gasteiger charge is 2.20. The molecule has 1 saturated heterocycles. The third-order valence-corrected chi connectivity index (χ3v) is 3.17. The smallest absolute Gasteiger partial charge is 0.226 e. The lowest BCUT2D eigenvalue weighted by molar-refractivity contribution is -0.130. The SMILES string of the molecule is CN(CC1CCCO1)C(=O)Cc1cccc(F)c1. The van der Waals surface area contributed by atoms with Gasteiger partial charge in [0.05, 0.1) is 12.5 Å². The Hall–Kier alpha value is -1.42. The highest BCUT2D eigenvalue weighted by Crippen LogP contribution is 2.13. The Morgan fingerprint density at radius 1 is 1.56 bits per heavy atom. The molecule has 3 nitrogen and oxygen atoms in total. The molecule has 0 radical (unpaired) electrons. The summed E-state index contributed by atoms with van der Waals surface area (Å²) < 4.78 is 18.5. The summed E-state index contributed by atoms with van der Waals surface area (Å²) in [5, 5.41) is 0. The van der Waals surface area contributed by atoms with Gasteiger partial charge in [0.25, 0.3) is 0 Å². The van der Waals surface area contributed by atoms with Gasteiger partial charge in [-0.3, -0.25) is 4.79 Å². The predicted octanol–water partition coefficient (Wildman–Crippen LogP) is 2.01. The van der Waals surface area contributed by atoms with E-state index in [1.54, 1.807) is 24.1 Å². The molecule has 0 aromatic heterocycles. The fourth-order valence-corrected chi connectivity index (χ4v) is 2.15. The molecule has 1 aromatic carbocycles. The normalized spacial score (nSPS) is 18.9. The van der Waals surface area contributed by atoms with E-state index in [0.717, 1.165) is 19.4 Å². The molecular weight excluding hydrogens is 233 g/mol. The molecule has 4 heteroatoms. The van der Waals surface area contributed by atoms with Crippen LogP contribution in [0.5, 0.6) is 0 Å². The van der Waals surface area contributed by atoms with Crippen LogP contribution in [0.1, 0.15) is 18.4 Å². The van der Waals surface area contributed by atoms with E-state index in [9.17, 15) is 9.18 Å². The molecule has 98 valence electrons. The number of amides is 1. The maximum absolute atomic E-state index is 13.0. The monoisotopic (exact) mass is 251 g/mol. The maximum atomic E-state index is 13.0. The van der Waals surface area contributed by atoms with Crippen molar-refractivity contribution in [2.24, 2.45) is 0 Å². The zero-order valence-electron chi connectivity index (χ0n) is 10.6. The molecule has 0 bridgehead atoms. The molecule has 0 aliphatic carbocycles. The number of rotatable bonds is 4.